The second-order valence-corrected chi connectivity index (χ2v) is 8.88. The number of aryl methyl sites for hydroxylation is 1. The Balaban J connectivity index is 1.90. The van der Waals surface area contributed by atoms with Crippen molar-refractivity contribution in [2.45, 2.75) is 46.5 Å². The van der Waals surface area contributed by atoms with Crippen LogP contribution in [0.25, 0.3) is 5.69 Å². The van der Waals surface area contributed by atoms with E-state index in [4.69, 9.17) is 5.10 Å². The molecular formula is C21H28N4O3. The normalized spacial score (nSPS) is 19.7. The number of benzene rings is 1. The summed E-state index contributed by atoms with van der Waals surface area (Å²) in [6.45, 7) is 10.5. The van der Waals surface area contributed by atoms with Gasteiger partial charge in [0.25, 0.3) is 0 Å². The van der Waals surface area contributed by atoms with E-state index in [1.807, 2.05) is 37.3 Å². The number of aliphatic carboxylic acids is 1. The molecule has 28 heavy (non-hydrogen) atoms. The first-order valence-corrected chi connectivity index (χ1v) is 9.46. The quantitative estimate of drug-likeness (QED) is 0.842. The Bertz CT molecular complexity index is 913. The molecule has 7 heteroatoms. The molecule has 0 bridgehead atoms. The monoisotopic (exact) mass is 384 g/mol. The number of hydrogen-bond donors (Lipinski definition) is 2. The van der Waals surface area contributed by atoms with Crippen molar-refractivity contribution in [2.75, 3.05) is 18.4 Å². The first-order valence-electron chi connectivity index (χ1n) is 9.46. The Labute approximate surface area is 165 Å². The van der Waals surface area contributed by atoms with Gasteiger partial charge in [-0.1, -0.05) is 32.9 Å². The van der Waals surface area contributed by atoms with Crippen molar-refractivity contribution in [1.82, 2.24) is 14.7 Å². The second-order valence-electron chi connectivity index (χ2n) is 8.88. The molecule has 2 heterocycles. The fourth-order valence-electron chi connectivity index (χ4n) is 3.29. The van der Waals surface area contributed by atoms with Crippen LogP contribution in [-0.4, -0.2) is 44.9 Å². The van der Waals surface area contributed by atoms with Crippen molar-refractivity contribution in [3.8, 4) is 5.69 Å². The Morgan fingerprint density at radius 3 is 2.54 bits per heavy atom. The molecular weight excluding hydrogens is 356 g/mol. The summed E-state index contributed by atoms with van der Waals surface area (Å²) in [7, 11) is 0. The number of anilines is 1. The van der Waals surface area contributed by atoms with Gasteiger partial charge >= 0.3 is 12.0 Å². The second kappa shape index (κ2) is 6.96. The zero-order chi connectivity index (χ0) is 20.7. The molecule has 1 unspecified atom stereocenters. The van der Waals surface area contributed by atoms with Gasteiger partial charge in [0.2, 0.25) is 0 Å². The van der Waals surface area contributed by atoms with Gasteiger partial charge in [0.05, 0.1) is 16.8 Å². The van der Waals surface area contributed by atoms with Gasteiger partial charge in [-0.25, -0.2) is 9.48 Å². The van der Waals surface area contributed by atoms with Crippen molar-refractivity contribution in [3.05, 3.63) is 41.6 Å². The first-order chi connectivity index (χ1) is 13.0. The van der Waals surface area contributed by atoms with E-state index in [-0.39, 0.29) is 18.0 Å². The number of hydrogen-bond acceptors (Lipinski definition) is 3. The van der Waals surface area contributed by atoms with Crippen LogP contribution in [0.2, 0.25) is 0 Å². The SMILES string of the molecule is Cc1cccc(-n2nc(C(C)(C)C)cc2NC(=O)N2CCC(C)(C(=O)O)C2)c1. The minimum absolute atomic E-state index is 0.177. The number of carbonyl (C=O) groups is 2. The van der Waals surface area contributed by atoms with Crippen molar-refractivity contribution in [2.24, 2.45) is 5.41 Å². The van der Waals surface area contributed by atoms with E-state index in [1.54, 1.807) is 16.5 Å². The highest BCUT2D eigenvalue weighted by Crippen LogP contribution is 2.31. The van der Waals surface area contributed by atoms with E-state index in [1.165, 1.54) is 0 Å². The Morgan fingerprint density at radius 2 is 1.96 bits per heavy atom. The highest BCUT2D eigenvalue weighted by atomic mass is 16.4. The van der Waals surface area contributed by atoms with Gasteiger partial charge in [0, 0.05) is 24.6 Å². The summed E-state index contributed by atoms with van der Waals surface area (Å²) in [6, 6.07) is 9.48. The molecule has 1 aliphatic heterocycles. The lowest BCUT2D eigenvalue weighted by atomic mass is 9.90. The smallest absolute Gasteiger partial charge is 0.323 e. The lowest BCUT2D eigenvalue weighted by Crippen LogP contribution is -2.37. The van der Waals surface area contributed by atoms with Gasteiger partial charge in [-0.15, -0.1) is 0 Å². The maximum atomic E-state index is 12.8. The van der Waals surface area contributed by atoms with E-state index in [9.17, 15) is 14.7 Å². The van der Waals surface area contributed by atoms with E-state index in [0.29, 0.717) is 18.8 Å². The number of likely N-dealkylation sites (tertiary alicyclic amines) is 1. The van der Waals surface area contributed by atoms with E-state index < -0.39 is 11.4 Å². The molecule has 3 rings (SSSR count). The minimum atomic E-state index is -0.898. The number of amides is 2. The standard InChI is InChI=1S/C21H28N4O3/c1-14-7-6-8-15(11-14)25-17(12-16(23-25)20(2,3)4)22-19(28)24-10-9-21(5,13-24)18(26)27/h6-8,11-12H,9-10,13H2,1-5H3,(H,22,28)(H,26,27). The number of nitrogens with zero attached hydrogens (tertiary/aromatic N) is 3. The third kappa shape index (κ3) is 3.88. The van der Waals surface area contributed by atoms with Crippen LogP contribution in [0, 0.1) is 12.3 Å². The zero-order valence-corrected chi connectivity index (χ0v) is 17.1. The maximum Gasteiger partial charge on any atom is 0.323 e. The van der Waals surface area contributed by atoms with Crippen LogP contribution in [0.15, 0.2) is 30.3 Å². The number of nitrogens with one attached hydrogen (secondary N) is 1. The number of aromatic nitrogens is 2. The van der Waals surface area contributed by atoms with Gasteiger partial charge in [-0.05, 0) is 38.0 Å². The molecule has 1 aromatic carbocycles. The summed E-state index contributed by atoms with van der Waals surface area (Å²) in [5.74, 6) is -0.299. The average Bonchev–Trinajstić information content (AvgIpc) is 3.19. The Kier molecular flexibility index (Phi) is 4.95. The number of carbonyl (C=O) groups excluding carboxylic acids is 1. The lowest BCUT2D eigenvalue weighted by molar-refractivity contribution is -0.146. The molecule has 2 aromatic rings. The van der Waals surface area contributed by atoms with Gasteiger partial charge < -0.3 is 10.0 Å². The summed E-state index contributed by atoms with van der Waals surface area (Å²) >= 11 is 0. The number of carboxylic acid groups (broad SMARTS) is 1. The summed E-state index contributed by atoms with van der Waals surface area (Å²) < 4.78 is 1.73. The highest BCUT2D eigenvalue weighted by molar-refractivity contribution is 5.90. The van der Waals surface area contributed by atoms with Gasteiger partial charge in [-0.3, -0.25) is 10.1 Å². The van der Waals surface area contributed by atoms with Crippen LogP contribution in [0.5, 0.6) is 0 Å². The van der Waals surface area contributed by atoms with Crippen molar-refractivity contribution >= 4 is 17.8 Å². The van der Waals surface area contributed by atoms with E-state index in [2.05, 4.69) is 26.1 Å². The number of rotatable bonds is 3. The molecule has 2 N–H and O–H groups in total. The molecule has 1 atom stereocenters. The lowest BCUT2D eigenvalue weighted by Gasteiger charge is -2.20. The summed E-state index contributed by atoms with van der Waals surface area (Å²) in [6.07, 6.45) is 0.445. The van der Waals surface area contributed by atoms with Crippen LogP contribution in [0.4, 0.5) is 10.6 Å². The fourth-order valence-corrected chi connectivity index (χ4v) is 3.29. The summed E-state index contributed by atoms with van der Waals surface area (Å²) in [4.78, 5) is 25.8. The molecule has 0 radical (unpaired) electrons. The number of urea groups is 1. The molecule has 0 saturated carbocycles. The van der Waals surface area contributed by atoms with Gasteiger partial charge in [0.1, 0.15) is 5.82 Å². The molecule has 0 spiro atoms. The molecule has 1 aliphatic rings. The Morgan fingerprint density at radius 1 is 1.25 bits per heavy atom. The largest absolute Gasteiger partial charge is 0.481 e. The van der Waals surface area contributed by atoms with Crippen LogP contribution < -0.4 is 5.32 Å². The van der Waals surface area contributed by atoms with Crippen LogP contribution in [0.3, 0.4) is 0 Å². The predicted molar refractivity (Wildman–Crippen MR) is 108 cm³/mol. The maximum absolute atomic E-state index is 12.8. The third-order valence-corrected chi connectivity index (χ3v) is 5.24. The molecule has 1 aromatic heterocycles. The summed E-state index contributed by atoms with van der Waals surface area (Å²) in [5, 5.41) is 17.1. The zero-order valence-electron chi connectivity index (χ0n) is 17.1. The predicted octanol–water partition coefficient (Wildman–Crippen LogP) is 3.81. The molecule has 7 nitrogen and oxygen atoms in total. The molecule has 0 aliphatic carbocycles. The molecule has 1 saturated heterocycles. The van der Waals surface area contributed by atoms with Crippen LogP contribution in [0.1, 0.15) is 45.4 Å². The molecule has 2 amide bonds. The topological polar surface area (TPSA) is 87.5 Å². The molecule has 150 valence electrons. The fraction of sp³-hybridized carbons (Fsp3) is 0.476. The van der Waals surface area contributed by atoms with E-state index >= 15 is 0 Å². The summed E-state index contributed by atoms with van der Waals surface area (Å²) in [5.41, 5.74) is 1.75. The average molecular weight is 384 g/mol. The van der Waals surface area contributed by atoms with Crippen molar-refractivity contribution < 1.29 is 14.7 Å². The van der Waals surface area contributed by atoms with E-state index in [0.717, 1.165) is 16.9 Å². The van der Waals surface area contributed by atoms with Crippen molar-refractivity contribution in [3.63, 3.8) is 0 Å². The molecule has 1 fully saturated rings. The van der Waals surface area contributed by atoms with Gasteiger partial charge in [-0.2, -0.15) is 5.10 Å². The Hall–Kier alpha value is -2.83. The third-order valence-electron chi connectivity index (χ3n) is 5.24. The van der Waals surface area contributed by atoms with Crippen LogP contribution in [-0.2, 0) is 10.2 Å². The minimum Gasteiger partial charge on any atom is -0.481 e. The first kappa shape index (κ1) is 19.9. The number of carboxylic acids is 1. The highest BCUT2D eigenvalue weighted by Gasteiger charge is 2.42. The van der Waals surface area contributed by atoms with Crippen molar-refractivity contribution in [1.29, 1.82) is 0 Å². The van der Waals surface area contributed by atoms with Crippen LogP contribution >= 0.6 is 0 Å². The van der Waals surface area contributed by atoms with Gasteiger partial charge in [0.15, 0.2) is 0 Å².